The lowest BCUT2D eigenvalue weighted by atomic mass is 10.0. The van der Waals surface area contributed by atoms with Gasteiger partial charge >= 0.3 is 0 Å². The SMILES string of the molecule is CC(C)CCC(C)NC(=O)CCc1ccc2c(c1)OCO2. The third-order valence-corrected chi connectivity index (χ3v) is 3.66. The maximum atomic E-state index is 11.9. The first-order valence-corrected chi connectivity index (χ1v) is 7.72. The van der Waals surface area contributed by atoms with Gasteiger partial charge in [0.15, 0.2) is 11.5 Å². The molecule has 1 aliphatic rings. The fourth-order valence-corrected chi connectivity index (χ4v) is 2.36. The Labute approximate surface area is 126 Å². The molecule has 0 fully saturated rings. The highest BCUT2D eigenvalue weighted by Gasteiger charge is 2.14. The molecule has 1 heterocycles. The van der Waals surface area contributed by atoms with Crippen molar-refractivity contribution in [2.24, 2.45) is 5.92 Å². The minimum Gasteiger partial charge on any atom is -0.454 e. The van der Waals surface area contributed by atoms with E-state index in [-0.39, 0.29) is 18.7 Å². The van der Waals surface area contributed by atoms with Crippen LogP contribution in [0.1, 0.15) is 45.6 Å². The van der Waals surface area contributed by atoms with Gasteiger partial charge in [0.2, 0.25) is 12.7 Å². The van der Waals surface area contributed by atoms with Gasteiger partial charge in [0.05, 0.1) is 0 Å². The quantitative estimate of drug-likeness (QED) is 0.838. The fraction of sp³-hybridized carbons (Fsp3) is 0.588. The molecule has 1 N–H and O–H groups in total. The summed E-state index contributed by atoms with van der Waals surface area (Å²) in [5.41, 5.74) is 1.10. The van der Waals surface area contributed by atoms with E-state index < -0.39 is 0 Å². The number of fused-ring (bicyclic) bond motifs is 1. The van der Waals surface area contributed by atoms with Crippen molar-refractivity contribution >= 4 is 5.91 Å². The minimum atomic E-state index is 0.115. The Morgan fingerprint density at radius 1 is 1.19 bits per heavy atom. The molecule has 4 heteroatoms. The van der Waals surface area contributed by atoms with E-state index in [9.17, 15) is 4.79 Å². The van der Waals surface area contributed by atoms with Crippen LogP contribution in [-0.2, 0) is 11.2 Å². The number of nitrogens with one attached hydrogen (secondary N) is 1. The van der Waals surface area contributed by atoms with E-state index in [0.29, 0.717) is 12.3 Å². The van der Waals surface area contributed by atoms with Crippen LogP contribution in [0.4, 0.5) is 0 Å². The zero-order chi connectivity index (χ0) is 15.2. The van der Waals surface area contributed by atoms with E-state index >= 15 is 0 Å². The van der Waals surface area contributed by atoms with Gasteiger partial charge in [-0.3, -0.25) is 4.79 Å². The predicted molar refractivity (Wildman–Crippen MR) is 82.6 cm³/mol. The molecule has 0 saturated heterocycles. The Bertz CT molecular complexity index is 485. The summed E-state index contributed by atoms with van der Waals surface area (Å²) >= 11 is 0. The van der Waals surface area contributed by atoms with Gasteiger partial charge in [0.1, 0.15) is 0 Å². The van der Waals surface area contributed by atoms with Gasteiger partial charge in [-0.15, -0.1) is 0 Å². The first-order chi connectivity index (χ1) is 10.0. The standard InChI is InChI=1S/C17H25NO3/c1-12(2)4-5-13(3)18-17(19)9-7-14-6-8-15-16(10-14)21-11-20-15/h6,8,10,12-13H,4-5,7,9,11H2,1-3H3,(H,18,19). The van der Waals surface area contributed by atoms with Gasteiger partial charge < -0.3 is 14.8 Å². The lowest BCUT2D eigenvalue weighted by molar-refractivity contribution is -0.121. The first kappa shape index (κ1) is 15.7. The van der Waals surface area contributed by atoms with Crippen LogP contribution in [0.25, 0.3) is 0 Å². The van der Waals surface area contributed by atoms with Gasteiger partial charge in [0.25, 0.3) is 0 Å². The number of hydrogen-bond acceptors (Lipinski definition) is 3. The molecule has 0 aromatic heterocycles. The fourth-order valence-electron chi connectivity index (χ4n) is 2.36. The number of benzene rings is 1. The average molecular weight is 291 g/mol. The molecule has 1 aromatic rings. The van der Waals surface area contributed by atoms with Gasteiger partial charge in [-0.05, 0) is 49.8 Å². The molecule has 0 spiro atoms. The van der Waals surface area contributed by atoms with Crippen LogP contribution < -0.4 is 14.8 Å². The minimum absolute atomic E-state index is 0.115. The van der Waals surface area contributed by atoms with Crippen molar-refractivity contribution in [2.45, 2.75) is 52.5 Å². The van der Waals surface area contributed by atoms with Crippen molar-refractivity contribution in [3.8, 4) is 11.5 Å². The first-order valence-electron chi connectivity index (χ1n) is 7.72. The predicted octanol–water partition coefficient (Wildman–Crippen LogP) is 3.29. The van der Waals surface area contributed by atoms with Crippen molar-refractivity contribution in [2.75, 3.05) is 6.79 Å². The van der Waals surface area contributed by atoms with Crippen molar-refractivity contribution in [3.05, 3.63) is 23.8 Å². The van der Waals surface area contributed by atoms with Crippen molar-refractivity contribution in [1.29, 1.82) is 0 Å². The lowest BCUT2D eigenvalue weighted by Crippen LogP contribution is -2.32. The van der Waals surface area contributed by atoms with Crippen molar-refractivity contribution in [3.63, 3.8) is 0 Å². The number of carbonyl (C=O) groups excluding carboxylic acids is 1. The Hall–Kier alpha value is -1.71. The average Bonchev–Trinajstić information content (AvgIpc) is 2.90. The molecule has 0 radical (unpaired) electrons. The Kier molecular flexibility index (Phi) is 5.48. The highest BCUT2D eigenvalue weighted by atomic mass is 16.7. The van der Waals surface area contributed by atoms with E-state index in [1.165, 1.54) is 0 Å². The smallest absolute Gasteiger partial charge is 0.231 e. The van der Waals surface area contributed by atoms with Crippen LogP contribution in [0.2, 0.25) is 0 Å². The molecule has 116 valence electrons. The summed E-state index contributed by atoms with van der Waals surface area (Å²) in [7, 11) is 0. The second-order valence-electron chi connectivity index (χ2n) is 6.13. The normalized spacial score (nSPS) is 14.3. The maximum absolute atomic E-state index is 11.9. The summed E-state index contributed by atoms with van der Waals surface area (Å²) in [4.78, 5) is 11.9. The van der Waals surface area contributed by atoms with E-state index in [1.807, 2.05) is 18.2 Å². The summed E-state index contributed by atoms with van der Waals surface area (Å²) in [5, 5.41) is 3.06. The third kappa shape index (κ3) is 4.96. The largest absolute Gasteiger partial charge is 0.454 e. The van der Waals surface area contributed by atoms with Crippen LogP contribution in [0.5, 0.6) is 11.5 Å². The molecule has 0 bridgehead atoms. The van der Waals surface area contributed by atoms with Crippen LogP contribution >= 0.6 is 0 Å². The highest BCUT2D eigenvalue weighted by molar-refractivity contribution is 5.76. The van der Waals surface area contributed by atoms with Gasteiger partial charge in [-0.2, -0.15) is 0 Å². The molecule has 0 saturated carbocycles. The van der Waals surface area contributed by atoms with Crippen molar-refractivity contribution in [1.82, 2.24) is 5.32 Å². The van der Waals surface area contributed by atoms with Gasteiger partial charge in [-0.25, -0.2) is 0 Å². The van der Waals surface area contributed by atoms with Crippen molar-refractivity contribution < 1.29 is 14.3 Å². The monoisotopic (exact) mass is 291 g/mol. The molecule has 2 rings (SSSR count). The van der Waals surface area contributed by atoms with Gasteiger partial charge in [0, 0.05) is 12.5 Å². The number of amides is 1. The van der Waals surface area contributed by atoms with Crippen LogP contribution in [0.15, 0.2) is 18.2 Å². The molecule has 4 nitrogen and oxygen atoms in total. The summed E-state index contributed by atoms with van der Waals surface area (Å²) in [6, 6.07) is 6.10. The number of rotatable bonds is 7. The lowest BCUT2D eigenvalue weighted by Gasteiger charge is -2.15. The number of hydrogen-bond donors (Lipinski definition) is 1. The highest BCUT2D eigenvalue weighted by Crippen LogP contribution is 2.32. The molecule has 1 aromatic carbocycles. The molecule has 1 aliphatic heterocycles. The molecular weight excluding hydrogens is 266 g/mol. The number of aryl methyl sites for hydroxylation is 1. The molecule has 1 atom stereocenters. The van der Waals surface area contributed by atoms with E-state index in [2.05, 4.69) is 26.1 Å². The van der Waals surface area contributed by atoms with Crippen LogP contribution in [0, 0.1) is 5.92 Å². The van der Waals surface area contributed by atoms with Crippen LogP contribution in [-0.4, -0.2) is 18.7 Å². The number of ether oxygens (including phenoxy) is 2. The second kappa shape index (κ2) is 7.34. The Morgan fingerprint density at radius 3 is 2.71 bits per heavy atom. The number of carbonyl (C=O) groups is 1. The van der Waals surface area contributed by atoms with E-state index in [4.69, 9.17) is 9.47 Å². The van der Waals surface area contributed by atoms with E-state index in [0.717, 1.165) is 36.3 Å². The summed E-state index contributed by atoms with van der Waals surface area (Å²) in [6.45, 7) is 6.76. The molecular formula is C17H25NO3. The molecule has 21 heavy (non-hydrogen) atoms. The second-order valence-corrected chi connectivity index (χ2v) is 6.13. The van der Waals surface area contributed by atoms with Gasteiger partial charge in [-0.1, -0.05) is 19.9 Å². The molecule has 1 amide bonds. The van der Waals surface area contributed by atoms with E-state index in [1.54, 1.807) is 0 Å². The summed E-state index contributed by atoms with van der Waals surface area (Å²) in [5.74, 6) is 2.35. The third-order valence-electron chi connectivity index (χ3n) is 3.66. The topological polar surface area (TPSA) is 47.6 Å². The summed E-state index contributed by atoms with van der Waals surface area (Å²) < 4.78 is 10.6. The Morgan fingerprint density at radius 2 is 1.95 bits per heavy atom. The summed E-state index contributed by atoms with van der Waals surface area (Å²) in [6.07, 6.45) is 3.40. The zero-order valence-corrected chi connectivity index (χ0v) is 13.1. The van der Waals surface area contributed by atoms with Crippen LogP contribution in [0.3, 0.4) is 0 Å². The molecule has 1 unspecified atom stereocenters. The zero-order valence-electron chi connectivity index (χ0n) is 13.1. The molecule has 0 aliphatic carbocycles. The maximum Gasteiger partial charge on any atom is 0.231 e. The Balaban J connectivity index is 1.73.